The third-order valence-corrected chi connectivity index (χ3v) is 6.19. The predicted octanol–water partition coefficient (Wildman–Crippen LogP) is 1.40. The molecular weight excluding hydrogens is 396 g/mol. The van der Waals surface area contributed by atoms with E-state index < -0.39 is 0 Å². The number of aryl methyl sites for hydroxylation is 2. The summed E-state index contributed by atoms with van der Waals surface area (Å²) in [5.41, 5.74) is 2.29. The fourth-order valence-electron chi connectivity index (χ4n) is 4.39. The third-order valence-electron chi connectivity index (χ3n) is 6.19. The number of aliphatic hydroxyl groups excluding tert-OH is 1. The third kappa shape index (κ3) is 3.60. The van der Waals surface area contributed by atoms with Crippen molar-refractivity contribution in [2.24, 2.45) is 5.92 Å². The molecular formula is C21H26N8O2. The quantitative estimate of drug-likeness (QED) is 0.633. The first-order chi connectivity index (χ1) is 15.0. The average Bonchev–Trinajstić information content (AvgIpc) is 3.36. The zero-order valence-electron chi connectivity index (χ0n) is 17.7. The summed E-state index contributed by atoms with van der Waals surface area (Å²) in [6, 6.07) is 0.102. The van der Waals surface area contributed by atoms with Gasteiger partial charge < -0.3 is 19.9 Å². The Morgan fingerprint density at radius 2 is 2.00 bits per heavy atom. The van der Waals surface area contributed by atoms with Gasteiger partial charge in [0.25, 0.3) is 0 Å². The van der Waals surface area contributed by atoms with Gasteiger partial charge in [0.1, 0.15) is 18.0 Å². The Morgan fingerprint density at radius 1 is 1.23 bits per heavy atom. The number of hydrogen-bond acceptors (Lipinski definition) is 8. The Kier molecular flexibility index (Phi) is 5.01. The minimum absolute atomic E-state index is 0.0287. The van der Waals surface area contributed by atoms with Gasteiger partial charge in [-0.2, -0.15) is 0 Å². The van der Waals surface area contributed by atoms with Crippen molar-refractivity contribution >= 4 is 22.9 Å². The van der Waals surface area contributed by atoms with Crippen LogP contribution in [0.4, 0.5) is 5.82 Å². The molecule has 0 spiro atoms. The zero-order chi connectivity index (χ0) is 21.5. The number of aliphatic hydroxyl groups is 1. The minimum atomic E-state index is -0.318. The van der Waals surface area contributed by atoms with Gasteiger partial charge in [-0.3, -0.25) is 4.79 Å². The van der Waals surface area contributed by atoms with E-state index in [1.54, 1.807) is 18.7 Å². The van der Waals surface area contributed by atoms with E-state index in [0.29, 0.717) is 49.6 Å². The topological polar surface area (TPSA) is 122 Å². The fraction of sp³-hybridized carbons (Fsp3) is 0.524. The number of imidazole rings is 1. The van der Waals surface area contributed by atoms with Gasteiger partial charge in [-0.15, -0.1) is 0 Å². The van der Waals surface area contributed by atoms with Crippen molar-refractivity contribution < 1.29 is 9.90 Å². The Balaban J connectivity index is 1.38. The van der Waals surface area contributed by atoms with E-state index in [0.717, 1.165) is 23.5 Å². The first-order valence-electron chi connectivity index (χ1n) is 10.8. The van der Waals surface area contributed by atoms with Crippen molar-refractivity contribution in [2.75, 3.05) is 18.4 Å². The average molecular weight is 422 g/mol. The van der Waals surface area contributed by atoms with Crippen molar-refractivity contribution in [3.05, 3.63) is 24.5 Å². The number of carbonyl (C=O) groups is 1. The standard InChI is InChI=1S/C21H26N8O2/c1-3-29-19(14-8-22-12(2)23-9-14)27-17-18(24-11-25-20(17)29)26-15-4-5-28(10-15)21(31)13-6-16(30)7-13/h8-9,11,13,15-16,30H,3-7,10H2,1-2H3,(H,24,25,26)/t13-,15-,16-/m0/s1. The summed E-state index contributed by atoms with van der Waals surface area (Å²) in [5, 5.41) is 13.0. The lowest BCUT2D eigenvalue weighted by Gasteiger charge is -2.33. The van der Waals surface area contributed by atoms with Crippen LogP contribution in [0.5, 0.6) is 0 Å². The molecule has 5 rings (SSSR count). The maximum Gasteiger partial charge on any atom is 0.225 e. The number of nitrogens with zero attached hydrogens (tertiary/aromatic N) is 7. The van der Waals surface area contributed by atoms with Crippen LogP contribution >= 0.6 is 0 Å². The highest BCUT2D eigenvalue weighted by Crippen LogP contribution is 2.31. The van der Waals surface area contributed by atoms with Gasteiger partial charge in [0.2, 0.25) is 5.91 Å². The second-order valence-corrected chi connectivity index (χ2v) is 8.33. The molecule has 1 aliphatic carbocycles. The van der Waals surface area contributed by atoms with Gasteiger partial charge in [-0.05, 0) is 33.1 Å². The number of likely N-dealkylation sites (tertiary alicyclic amines) is 1. The van der Waals surface area contributed by atoms with Crippen molar-refractivity contribution in [1.29, 1.82) is 0 Å². The summed E-state index contributed by atoms with van der Waals surface area (Å²) < 4.78 is 2.03. The summed E-state index contributed by atoms with van der Waals surface area (Å²) >= 11 is 0. The normalized spacial score (nSPS) is 23.2. The van der Waals surface area contributed by atoms with E-state index in [9.17, 15) is 9.90 Å². The highest BCUT2D eigenvalue weighted by molar-refractivity contribution is 5.86. The number of carbonyl (C=O) groups excluding carboxylic acids is 1. The molecule has 31 heavy (non-hydrogen) atoms. The predicted molar refractivity (Wildman–Crippen MR) is 114 cm³/mol. The lowest BCUT2D eigenvalue weighted by molar-refractivity contribution is -0.141. The first-order valence-corrected chi connectivity index (χ1v) is 10.8. The Morgan fingerprint density at radius 3 is 2.71 bits per heavy atom. The van der Waals surface area contributed by atoms with Crippen LogP contribution in [0.2, 0.25) is 0 Å². The summed E-state index contributed by atoms with van der Waals surface area (Å²) in [4.78, 5) is 36.8. The summed E-state index contributed by atoms with van der Waals surface area (Å²) in [7, 11) is 0. The van der Waals surface area contributed by atoms with Gasteiger partial charge >= 0.3 is 0 Å². The number of hydrogen-bond donors (Lipinski definition) is 2. The molecule has 3 aromatic rings. The molecule has 1 aliphatic heterocycles. The van der Waals surface area contributed by atoms with Gasteiger partial charge in [-0.1, -0.05) is 0 Å². The lowest BCUT2D eigenvalue weighted by Crippen LogP contribution is -2.43. The molecule has 0 radical (unpaired) electrons. The molecule has 10 heteroatoms. The van der Waals surface area contributed by atoms with E-state index in [2.05, 4.69) is 25.3 Å². The van der Waals surface area contributed by atoms with Crippen molar-refractivity contribution in [1.82, 2.24) is 34.4 Å². The molecule has 162 valence electrons. The maximum atomic E-state index is 12.6. The van der Waals surface area contributed by atoms with Crippen LogP contribution in [0.3, 0.4) is 0 Å². The number of aromatic nitrogens is 6. The Bertz CT molecular complexity index is 1110. The molecule has 1 saturated heterocycles. The van der Waals surface area contributed by atoms with Crippen LogP contribution < -0.4 is 5.32 Å². The number of nitrogens with one attached hydrogen (secondary N) is 1. The van der Waals surface area contributed by atoms with Gasteiger partial charge in [0.15, 0.2) is 17.0 Å². The van der Waals surface area contributed by atoms with Crippen molar-refractivity contribution in [3.8, 4) is 11.4 Å². The van der Waals surface area contributed by atoms with Gasteiger partial charge in [0, 0.05) is 44.0 Å². The van der Waals surface area contributed by atoms with E-state index in [1.807, 2.05) is 23.3 Å². The van der Waals surface area contributed by atoms with E-state index in [1.165, 1.54) is 0 Å². The molecule has 2 aliphatic rings. The number of anilines is 1. The van der Waals surface area contributed by atoms with Crippen molar-refractivity contribution in [3.63, 3.8) is 0 Å². The molecule has 4 heterocycles. The molecule has 2 N–H and O–H groups in total. The number of rotatable bonds is 5. The monoisotopic (exact) mass is 422 g/mol. The zero-order valence-corrected chi connectivity index (χ0v) is 17.7. The van der Waals surface area contributed by atoms with E-state index in [4.69, 9.17) is 4.98 Å². The second kappa shape index (κ2) is 7.84. The molecule has 1 atom stereocenters. The highest BCUT2D eigenvalue weighted by Gasteiger charge is 2.38. The van der Waals surface area contributed by atoms with Crippen LogP contribution in [0.1, 0.15) is 32.0 Å². The molecule has 2 fully saturated rings. The summed E-state index contributed by atoms with van der Waals surface area (Å²) in [6.07, 6.45) is 6.78. The molecule has 0 bridgehead atoms. The number of amides is 1. The van der Waals surface area contributed by atoms with Gasteiger partial charge in [-0.25, -0.2) is 24.9 Å². The van der Waals surface area contributed by atoms with Crippen molar-refractivity contribution in [2.45, 2.75) is 51.8 Å². The van der Waals surface area contributed by atoms with Crippen LogP contribution in [0, 0.1) is 12.8 Å². The van der Waals surface area contributed by atoms with Crippen LogP contribution in [-0.4, -0.2) is 70.6 Å². The summed E-state index contributed by atoms with van der Waals surface area (Å²) in [5.74, 6) is 2.26. The minimum Gasteiger partial charge on any atom is -0.393 e. The smallest absolute Gasteiger partial charge is 0.225 e. The first kappa shape index (κ1) is 19.8. The molecule has 0 aromatic carbocycles. The van der Waals surface area contributed by atoms with Crippen LogP contribution in [0.15, 0.2) is 18.7 Å². The molecule has 1 saturated carbocycles. The fourth-order valence-corrected chi connectivity index (χ4v) is 4.39. The largest absolute Gasteiger partial charge is 0.393 e. The molecule has 0 unspecified atom stereocenters. The van der Waals surface area contributed by atoms with E-state index in [-0.39, 0.29) is 24.0 Å². The van der Waals surface area contributed by atoms with Gasteiger partial charge in [0.05, 0.1) is 11.7 Å². The van der Waals surface area contributed by atoms with Crippen LogP contribution in [0.25, 0.3) is 22.6 Å². The SMILES string of the molecule is CCn1c(-c2cnc(C)nc2)nc2c(N[C@H]3CCN(C(=O)[C@H]4C[C@H](O)C4)C3)ncnc21. The van der Waals surface area contributed by atoms with E-state index >= 15 is 0 Å². The highest BCUT2D eigenvalue weighted by atomic mass is 16.3. The number of fused-ring (bicyclic) bond motifs is 1. The molecule has 1 amide bonds. The molecule has 10 nitrogen and oxygen atoms in total. The maximum absolute atomic E-state index is 12.6. The summed E-state index contributed by atoms with van der Waals surface area (Å²) in [6.45, 7) is 5.95. The second-order valence-electron chi connectivity index (χ2n) is 8.33. The van der Waals surface area contributed by atoms with Crippen LogP contribution in [-0.2, 0) is 11.3 Å². The lowest BCUT2D eigenvalue weighted by atomic mass is 9.81. The Hall–Kier alpha value is -3.14. The molecule has 3 aromatic heterocycles. The Labute approximate surface area is 179 Å².